The molecule has 1 saturated heterocycles. The van der Waals surface area contributed by atoms with Gasteiger partial charge < -0.3 is 15.3 Å². The van der Waals surface area contributed by atoms with Gasteiger partial charge in [-0.2, -0.15) is 0 Å². The highest BCUT2D eigenvalue weighted by atomic mass is 19.1. The van der Waals surface area contributed by atoms with Gasteiger partial charge in [-0.15, -0.1) is 0 Å². The molecule has 1 aliphatic heterocycles. The lowest BCUT2D eigenvalue weighted by Crippen LogP contribution is -2.39. The summed E-state index contributed by atoms with van der Waals surface area (Å²) in [4.78, 5) is 14.3. The standard InChI is InChI=1S/C16H23FN2O2/c1-12-8-14(10-15(17)9-12)16(21)18-11-13-2-4-19(5-3-13)6-7-20/h8-10,13,20H,2-7,11H2,1H3,(H,18,21). The van der Waals surface area contributed by atoms with E-state index in [0.717, 1.165) is 38.0 Å². The summed E-state index contributed by atoms with van der Waals surface area (Å²) in [6.45, 7) is 5.24. The van der Waals surface area contributed by atoms with Crippen LogP contribution in [0.4, 0.5) is 4.39 Å². The van der Waals surface area contributed by atoms with Crippen LogP contribution in [-0.4, -0.2) is 48.7 Å². The normalized spacial score (nSPS) is 16.9. The summed E-state index contributed by atoms with van der Waals surface area (Å²) >= 11 is 0. The molecule has 1 aliphatic rings. The Morgan fingerprint density at radius 1 is 1.38 bits per heavy atom. The maximum atomic E-state index is 13.3. The molecule has 0 bridgehead atoms. The molecule has 5 heteroatoms. The van der Waals surface area contributed by atoms with Crippen molar-refractivity contribution in [2.45, 2.75) is 19.8 Å². The van der Waals surface area contributed by atoms with Crippen LogP contribution in [-0.2, 0) is 0 Å². The van der Waals surface area contributed by atoms with Crippen LogP contribution in [0.1, 0.15) is 28.8 Å². The molecule has 0 radical (unpaired) electrons. The first-order chi connectivity index (χ1) is 10.1. The zero-order chi connectivity index (χ0) is 15.2. The number of likely N-dealkylation sites (tertiary alicyclic amines) is 1. The smallest absolute Gasteiger partial charge is 0.251 e. The van der Waals surface area contributed by atoms with E-state index in [2.05, 4.69) is 10.2 Å². The van der Waals surface area contributed by atoms with Crippen LogP contribution in [0, 0.1) is 18.7 Å². The minimum Gasteiger partial charge on any atom is -0.395 e. The molecule has 1 heterocycles. The van der Waals surface area contributed by atoms with Gasteiger partial charge in [0.1, 0.15) is 5.82 Å². The van der Waals surface area contributed by atoms with Crippen molar-refractivity contribution in [1.29, 1.82) is 0 Å². The quantitative estimate of drug-likeness (QED) is 0.867. The second-order valence-electron chi connectivity index (χ2n) is 5.74. The van der Waals surface area contributed by atoms with Crippen molar-refractivity contribution in [3.8, 4) is 0 Å². The molecule has 116 valence electrons. The van der Waals surface area contributed by atoms with Crippen molar-refractivity contribution in [1.82, 2.24) is 10.2 Å². The summed E-state index contributed by atoms with van der Waals surface area (Å²) < 4.78 is 13.3. The van der Waals surface area contributed by atoms with Crippen molar-refractivity contribution in [3.63, 3.8) is 0 Å². The molecule has 1 fully saturated rings. The fourth-order valence-electron chi connectivity index (χ4n) is 2.76. The summed E-state index contributed by atoms with van der Waals surface area (Å²) in [5, 5.41) is 11.8. The van der Waals surface area contributed by atoms with Gasteiger partial charge in [-0.25, -0.2) is 4.39 Å². The molecule has 2 N–H and O–H groups in total. The maximum absolute atomic E-state index is 13.3. The highest BCUT2D eigenvalue weighted by Crippen LogP contribution is 2.16. The number of aryl methyl sites for hydroxylation is 1. The lowest BCUT2D eigenvalue weighted by molar-refractivity contribution is 0.0932. The van der Waals surface area contributed by atoms with Gasteiger partial charge in [0.15, 0.2) is 0 Å². The number of halogens is 1. The average Bonchev–Trinajstić information content (AvgIpc) is 2.45. The summed E-state index contributed by atoms with van der Waals surface area (Å²) in [6.07, 6.45) is 2.03. The van der Waals surface area contributed by atoms with Crippen molar-refractivity contribution >= 4 is 5.91 Å². The first-order valence-electron chi connectivity index (χ1n) is 7.47. The van der Waals surface area contributed by atoms with Crippen LogP contribution >= 0.6 is 0 Å². The minimum atomic E-state index is -0.377. The number of piperidine rings is 1. The summed E-state index contributed by atoms with van der Waals surface area (Å²) in [5.41, 5.74) is 1.13. The molecule has 4 nitrogen and oxygen atoms in total. The molecule has 2 rings (SSSR count). The first-order valence-corrected chi connectivity index (χ1v) is 7.47. The highest BCUT2D eigenvalue weighted by Gasteiger charge is 2.19. The second kappa shape index (κ2) is 7.52. The summed E-state index contributed by atoms with van der Waals surface area (Å²) in [6, 6.07) is 4.38. The van der Waals surface area contributed by atoms with Crippen LogP contribution in [0.25, 0.3) is 0 Å². The molecular weight excluding hydrogens is 271 g/mol. The lowest BCUT2D eigenvalue weighted by Gasteiger charge is -2.31. The van der Waals surface area contributed by atoms with Gasteiger partial charge in [0.2, 0.25) is 0 Å². The Labute approximate surface area is 125 Å². The van der Waals surface area contributed by atoms with E-state index in [1.165, 1.54) is 12.1 Å². The van der Waals surface area contributed by atoms with Crippen LogP contribution in [0.15, 0.2) is 18.2 Å². The highest BCUT2D eigenvalue weighted by molar-refractivity contribution is 5.94. The van der Waals surface area contributed by atoms with Gasteiger partial charge in [0.05, 0.1) is 6.61 Å². The Hall–Kier alpha value is -1.46. The zero-order valence-corrected chi connectivity index (χ0v) is 12.4. The van der Waals surface area contributed by atoms with E-state index < -0.39 is 0 Å². The Bertz CT molecular complexity index is 465. The van der Waals surface area contributed by atoms with Crippen LogP contribution in [0.2, 0.25) is 0 Å². The van der Waals surface area contributed by atoms with Crippen LogP contribution < -0.4 is 5.32 Å². The molecule has 21 heavy (non-hydrogen) atoms. The third-order valence-corrected chi connectivity index (χ3v) is 3.98. The van der Waals surface area contributed by atoms with Crippen molar-refractivity contribution in [2.24, 2.45) is 5.92 Å². The van der Waals surface area contributed by atoms with E-state index >= 15 is 0 Å². The fourth-order valence-corrected chi connectivity index (χ4v) is 2.76. The molecule has 0 unspecified atom stereocenters. The van der Waals surface area contributed by atoms with E-state index in [0.29, 0.717) is 18.0 Å². The molecule has 0 atom stereocenters. The number of β-amino-alcohol motifs (C(OH)–C–C–N with tert-alkyl or cyclic N) is 1. The van der Waals surface area contributed by atoms with Crippen molar-refractivity contribution < 1.29 is 14.3 Å². The third kappa shape index (κ3) is 4.79. The molecule has 1 aromatic rings. The van der Waals surface area contributed by atoms with Gasteiger partial charge in [0.25, 0.3) is 5.91 Å². The van der Waals surface area contributed by atoms with Gasteiger partial charge in [-0.1, -0.05) is 0 Å². The van der Waals surface area contributed by atoms with Gasteiger partial charge >= 0.3 is 0 Å². The molecule has 0 aromatic heterocycles. The Kier molecular flexibility index (Phi) is 5.70. The lowest BCUT2D eigenvalue weighted by atomic mass is 9.96. The number of aliphatic hydroxyl groups is 1. The molecule has 1 amide bonds. The van der Waals surface area contributed by atoms with Crippen LogP contribution in [0.3, 0.4) is 0 Å². The van der Waals surface area contributed by atoms with Crippen molar-refractivity contribution in [2.75, 3.05) is 32.8 Å². The Balaban J connectivity index is 1.79. The molecule has 0 spiro atoms. The topological polar surface area (TPSA) is 52.6 Å². The van der Waals surface area contributed by atoms with E-state index in [1.807, 2.05) is 0 Å². The predicted molar refractivity (Wildman–Crippen MR) is 79.7 cm³/mol. The van der Waals surface area contributed by atoms with Gasteiger partial charge in [-0.3, -0.25) is 4.79 Å². The number of aliphatic hydroxyl groups excluding tert-OH is 1. The minimum absolute atomic E-state index is 0.195. The number of hydrogen-bond donors (Lipinski definition) is 2. The van der Waals surface area contributed by atoms with E-state index in [1.54, 1.807) is 13.0 Å². The van der Waals surface area contributed by atoms with Gasteiger partial charge in [0, 0.05) is 18.7 Å². The largest absolute Gasteiger partial charge is 0.395 e. The second-order valence-corrected chi connectivity index (χ2v) is 5.74. The fraction of sp³-hybridized carbons (Fsp3) is 0.562. The number of nitrogens with one attached hydrogen (secondary N) is 1. The van der Waals surface area contributed by atoms with E-state index in [9.17, 15) is 9.18 Å². The number of rotatable bonds is 5. The number of hydrogen-bond acceptors (Lipinski definition) is 3. The molecule has 0 aliphatic carbocycles. The number of amides is 1. The van der Waals surface area contributed by atoms with E-state index in [4.69, 9.17) is 5.11 Å². The van der Waals surface area contributed by atoms with E-state index in [-0.39, 0.29) is 18.3 Å². The number of carbonyl (C=O) groups is 1. The number of benzene rings is 1. The summed E-state index contributed by atoms with van der Waals surface area (Å²) in [5.74, 6) is -0.133. The Morgan fingerprint density at radius 2 is 2.10 bits per heavy atom. The number of carbonyl (C=O) groups excluding carboxylic acids is 1. The third-order valence-electron chi connectivity index (χ3n) is 3.98. The SMILES string of the molecule is Cc1cc(F)cc(C(=O)NCC2CCN(CCO)CC2)c1. The van der Waals surface area contributed by atoms with Crippen LogP contribution in [0.5, 0.6) is 0 Å². The monoisotopic (exact) mass is 294 g/mol. The average molecular weight is 294 g/mol. The maximum Gasteiger partial charge on any atom is 0.251 e. The molecule has 1 aromatic carbocycles. The number of nitrogens with zero attached hydrogens (tertiary/aromatic N) is 1. The molecular formula is C16H23FN2O2. The molecule has 0 saturated carbocycles. The predicted octanol–water partition coefficient (Wildman–Crippen LogP) is 1.57. The zero-order valence-electron chi connectivity index (χ0n) is 12.4. The van der Waals surface area contributed by atoms with Crippen molar-refractivity contribution in [3.05, 3.63) is 35.1 Å². The Morgan fingerprint density at radius 3 is 2.71 bits per heavy atom. The van der Waals surface area contributed by atoms with Gasteiger partial charge in [-0.05, 0) is 62.5 Å². The first kappa shape index (κ1) is 15.9. The summed E-state index contributed by atoms with van der Waals surface area (Å²) in [7, 11) is 0.